The molecule has 17 heteroatoms. The maximum Gasteiger partial charge on any atom is 0.407 e. The Morgan fingerprint density at radius 2 is 1.62 bits per heavy atom. The Labute approximate surface area is 434 Å². The van der Waals surface area contributed by atoms with E-state index in [1.165, 1.54) is 12.0 Å². The van der Waals surface area contributed by atoms with Crippen LogP contribution in [0.1, 0.15) is 126 Å². The van der Waals surface area contributed by atoms with Crippen molar-refractivity contribution >= 4 is 35.3 Å². The predicted octanol–water partition coefficient (Wildman–Crippen LogP) is 6.48. The van der Waals surface area contributed by atoms with Gasteiger partial charge in [0.2, 0.25) is 5.79 Å². The summed E-state index contributed by atoms with van der Waals surface area (Å²) in [5.41, 5.74) is 1.24. The molecule has 1 unspecified atom stereocenters. The zero-order valence-corrected chi connectivity index (χ0v) is 45.8. The molecule has 17 nitrogen and oxygen atoms in total. The number of Topliss-reactive ketones (excluding diaryl/α,β-unsaturated/α-hetero) is 3. The van der Waals surface area contributed by atoms with Crippen molar-refractivity contribution in [3.8, 4) is 0 Å². The smallest absolute Gasteiger partial charge is 0.407 e. The number of piperidine rings is 1. The SMILES string of the molecule is CO[C@H]1C[C@@H]2CC[C@@H](C)[C@@](O)(O2)C(=O)C(=O)N2CCCC[C@H]2C(=O)O[C@H]([C@H](C)CC2CC[C@H](OC(=O)NCCN(C)C)[C@@H](OC)C2)CC(=O)[C@H](C)/C=C(\C)[C@@H](O)[C@@H](OC)C(=O)[C@H](C)C[C@H](C)/C=C/C=C/C=C/1C. The summed E-state index contributed by atoms with van der Waals surface area (Å²) < 4.78 is 35.6. The van der Waals surface area contributed by atoms with Crippen LogP contribution in [0.25, 0.3) is 0 Å². The first-order chi connectivity index (χ1) is 34.5. The number of esters is 1. The van der Waals surface area contributed by atoms with Gasteiger partial charge in [-0.2, -0.15) is 0 Å². The number of ketones is 3. The molecule has 2 amide bonds. The van der Waals surface area contributed by atoms with E-state index >= 15 is 0 Å². The highest BCUT2D eigenvalue weighted by molar-refractivity contribution is 6.39. The molecule has 2 bridgehead atoms. The number of hydrogen-bond donors (Lipinski definition) is 3. The lowest BCUT2D eigenvalue weighted by atomic mass is 9.78. The largest absolute Gasteiger partial charge is 0.460 e. The van der Waals surface area contributed by atoms with Gasteiger partial charge in [0.05, 0.1) is 18.3 Å². The monoisotopic (exact) mass is 1030 g/mol. The third-order valence-corrected chi connectivity index (χ3v) is 15.5. The summed E-state index contributed by atoms with van der Waals surface area (Å²) in [4.78, 5) is 87.1. The van der Waals surface area contributed by atoms with E-state index < -0.39 is 102 Å². The average molecular weight is 1030 g/mol. The average Bonchev–Trinajstić information content (AvgIpc) is 3.35. The minimum Gasteiger partial charge on any atom is -0.460 e. The quantitative estimate of drug-likeness (QED) is 0.121. The summed E-state index contributed by atoms with van der Waals surface area (Å²) in [5.74, 6) is -8.26. The van der Waals surface area contributed by atoms with E-state index in [4.69, 9.17) is 28.4 Å². The van der Waals surface area contributed by atoms with E-state index in [1.807, 2.05) is 77.1 Å². The van der Waals surface area contributed by atoms with E-state index in [9.17, 15) is 39.0 Å². The molecular weight excluding hydrogens is 939 g/mol. The fourth-order valence-corrected chi connectivity index (χ4v) is 10.8. The molecule has 0 aromatic carbocycles. The van der Waals surface area contributed by atoms with Crippen LogP contribution in [0, 0.1) is 35.5 Å². The number of carbonyl (C=O) groups excluding carboxylic acids is 6. The standard InChI is InChI=1S/C56H89N3O14/c1-34-18-14-13-15-19-35(2)46(68-10)32-42-23-21-40(7)56(67,73-42)52(63)53(64)59-26-17-16-20-43(59)54(65)71-47(33-44(60)36(3)29-39(6)50(62)51(70-12)49(61)38(5)28-34)37(4)30-41-22-24-45(48(31-41)69-11)72-55(66)57-25-27-58(8)9/h13-15,18-19,29,34,36-38,40-43,45-48,50-51,62,67H,16-17,20-28,30-33H2,1-12H3,(H,57,66)/b15-13+,18-14+,35-19+,39-29+/t34-,36-,37-,38-,40-,41?,42+,43+,45+,46+,47+,48+,50-,51+,56-/m1/s1. The minimum atomic E-state index is -2.45. The number of fused-ring (bicyclic) bond motifs is 3. The lowest BCUT2D eigenvalue weighted by molar-refractivity contribution is -0.265. The fraction of sp³-hybridized carbons (Fsp3) is 0.750. The Hall–Kier alpha value is -4.10. The molecule has 1 saturated carbocycles. The molecule has 2 saturated heterocycles. The summed E-state index contributed by atoms with van der Waals surface area (Å²) in [6.45, 7) is 13.8. The second kappa shape index (κ2) is 29.3. The number of hydrogen-bond acceptors (Lipinski definition) is 15. The summed E-state index contributed by atoms with van der Waals surface area (Å²) in [6, 6.07) is -1.17. The first-order valence-electron chi connectivity index (χ1n) is 26.6. The third kappa shape index (κ3) is 17.5. The van der Waals surface area contributed by atoms with Crippen LogP contribution in [-0.4, -0.2) is 165 Å². The minimum absolute atomic E-state index is 0.00596. The number of likely N-dealkylation sites (N-methyl/N-ethyl adjacent to an activating group) is 1. The summed E-state index contributed by atoms with van der Waals surface area (Å²) in [6.07, 6.45) is 10.3. The topological polar surface area (TPSA) is 217 Å². The Morgan fingerprint density at radius 3 is 2.29 bits per heavy atom. The molecule has 4 rings (SSSR count). The second-order valence-electron chi connectivity index (χ2n) is 21.7. The van der Waals surface area contributed by atoms with Crippen molar-refractivity contribution in [2.45, 2.75) is 180 Å². The van der Waals surface area contributed by atoms with E-state index in [0.29, 0.717) is 82.9 Å². The van der Waals surface area contributed by atoms with Crippen LogP contribution < -0.4 is 5.32 Å². The third-order valence-electron chi connectivity index (χ3n) is 15.5. The van der Waals surface area contributed by atoms with Crippen LogP contribution in [0.15, 0.2) is 47.6 Å². The van der Waals surface area contributed by atoms with Gasteiger partial charge in [-0.3, -0.25) is 19.2 Å². The van der Waals surface area contributed by atoms with Crippen molar-refractivity contribution in [3.05, 3.63) is 47.6 Å². The first-order valence-corrected chi connectivity index (χ1v) is 26.6. The highest BCUT2D eigenvalue weighted by atomic mass is 16.6. The zero-order chi connectivity index (χ0) is 54.2. The van der Waals surface area contributed by atoms with E-state index in [2.05, 4.69) is 5.32 Å². The molecule has 3 heterocycles. The van der Waals surface area contributed by atoms with Crippen LogP contribution in [0.4, 0.5) is 4.79 Å². The maximum atomic E-state index is 14.6. The summed E-state index contributed by atoms with van der Waals surface area (Å²) in [7, 11) is 8.35. The van der Waals surface area contributed by atoms with Crippen LogP contribution in [0.2, 0.25) is 0 Å². The van der Waals surface area contributed by atoms with Gasteiger partial charge in [0.25, 0.3) is 11.7 Å². The zero-order valence-electron chi connectivity index (χ0n) is 45.8. The molecule has 1 aliphatic carbocycles. The molecule has 15 atom stereocenters. The van der Waals surface area contributed by atoms with Crippen LogP contribution in [0.5, 0.6) is 0 Å². The molecule has 412 valence electrons. The number of carbonyl (C=O) groups is 6. The van der Waals surface area contributed by atoms with Gasteiger partial charge in [-0.05, 0) is 121 Å². The van der Waals surface area contributed by atoms with E-state index in [1.54, 1.807) is 41.1 Å². The van der Waals surface area contributed by atoms with Crippen LogP contribution in [0.3, 0.4) is 0 Å². The number of rotatable bonds is 10. The lowest BCUT2D eigenvalue weighted by Crippen LogP contribution is -2.61. The number of ether oxygens (including phenoxy) is 6. The highest BCUT2D eigenvalue weighted by Gasteiger charge is 2.53. The summed E-state index contributed by atoms with van der Waals surface area (Å²) >= 11 is 0. The van der Waals surface area contributed by atoms with Gasteiger partial charge in [-0.15, -0.1) is 0 Å². The molecular formula is C56H89N3O14. The predicted molar refractivity (Wildman–Crippen MR) is 276 cm³/mol. The molecule has 0 spiro atoms. The van der Waals surface area contributed by atoms with Crippen molar-refractivity contribution in [2.75, 3.05) is 55.1 Å². The van der Waals surface area contributed by atoms with Crippen molar-refractivity contribution in [1.29, 1.82) is 0 Å². The number of aliphatic hydroxyl groups excluding tert-OH is 1. The number of aliphatic hydroxyl groups is 2. The van der Waals surface area contributed by atoms with Crippen LogP contribution >= 0.6 is 0 Å². The molecule has 0 aromatic heterocycles. The van der Waals surface area contributed by atoms with Gasteiger partial charge in [0.1, 0.15) is 36.2 Å². The number of cyclic esters (lactones) is 1. The van der Waals surface area contributed by atoms with Gasteiger partial charge < -0.3 is 53.8 Å². The van der Waals surface area contributed by atoms with Gasteiger partial charge in [-0.1, -0.05) is 71.1 Å². The van der Waals surface area contributed by atoms with E-state index in [-0.39, 0.29) is 42.8 Å². The molecule has 3 N–H and O–H groups in total. The second-order valence-corrected chi connectivity index (χ2v) is 21.7. The van der Waals surface area contributed by atoms with Crippen LogP contribution in [-0.2, 0) is 52.4 Å². The van der Waals surface area contributed by atoms with Crippen molar-refractivity contribution in [2.24, 2.45) is 35.5 Å². The van der Waals surface area contributed by atoms with Gasteiger partial charge >= 0.3 is 12.1 Å². The number of nitrogens with one attached hydrogen (secondary N) is 1. The maximum absolute atomic E-state index is 14.6. The Kier molecular flexibility index (Phi) is 24.6. The van der Waals surface area contributed by atoms with Crippen molar-refractivity contribution < 1.29 is 67.4 Å². The number of alkyl carbamates (subject to hydrolysis) is 1. The molecule has 0 aromatic rings. The van der Waals surface area contributed by atoms with E-state index in [0.717, 1.165) is 5.57 Å². The van der Waals surface area contributed by atoms with Gasteiger partial charge in [0, 0.05) is 71.6 Å². The van der Waals surface area contributed by atoms with Gasteiger partial charge in [-0.25, -0.2) is 9.59 Å². The molecule has 73 heavy (non-hydrogen) atoms. The summed E-state index contributed by atoms with van der Waals surface area (Å²) in [5, 5.41) is 26.3. The molecule has 4 aliphatic rings. The van der Waals surface area contributed by atoms with Crippen molar-refractivity contribution in [3.63, 3.8) is 0 Å². The first kappa shape index (κ1) is 61.4. The Bertz CT molecular complexity index is 1980. The Morgan fingerprint density at radius 1 is 0.890 bits per heavy atom. The highest BCUT2D eigenvalue weighted by Crippen LogP contribution is 2.38. The fourth-order valence-electron chi connectivity index (χ4n) is 10.8. The molecule has 0 radical (unpaired) electrons. The van der Waals surface area contributed by atoms with Gasteiger partial charge in [0.15, 0.2) is 5.78 Å². The molecule has 3 fully saturated rings. The Balaban J connectivity index is 1.67. The number of amides is 2. The van der Waals surface area contributed by atoms with Crippen molar-refractivity contribution in [1.82, 2.24) is 15.1 Å². The number of allylic oxidation sites excluding steroid dienone is 6. The normalized spacial score (nSPS) is 37.2. The number of nitrogens with zero attached hydrogens (tertiary/aromatic N) is 2. The number of methoxy groups -OCH3 is 3. The lowest BCUT2D eigenvalue weighted by Gasteiger charge is -2.42. The molecule has 3 aliphatic heterocycles.